The molecule has 0 rings (SSSR count). The Morgan fingerprint density at radius 1 is 1.56 bits per heavy atom. The summed E-state index contributed by atoms with van der Waals surface area (Å²) in [7, 11) is -2.92. The van der Waals surface area contributed by atoms with E-state index in [-0.39, 0.29) is 40.6 Å². The summed E-state index contributed by atoms with van der Waals surface area (Å²) in [5.41, 5.74) is 0. The van der Waals surface area contributed by atoms with Gasteiger partial charge in [-0.1, -0.05) is 6.92 Å². The maximum atomic E-state index is 10.6. The average molecular weight is 186 g/mol. The molecule has 0 spiro atoms. The molecule has 0 aromatic rings. The Hall–Kier alpha value is 0.864. The van der Waals surface area contributed by atoms with Gasteiger partial charge < -0.3 is 10.00 Å². The molecule has 2 N–H and O–H groups in total. The van der Waals surface area contributed by atoms with Gasteiger partial charge in [0.1, 0.15) is 0 Å². The Morgan fingerprint density at radius 2 is 2.00 bits per heavy atom. The van der Waals surface area contributed by atoms with Gasteiger partial charge in [-0.25, -0.2) is 0 Å². The molecule has 0 saturated heterocycles. The molecule has 0 radical (unpaired) electrons. The van der Waals surface area contributed by atoms with Gasteiger partial charge in [-0.05, 0) is 0 Å². The first-order chi connectivity index (χ1) is 3.62. The topological polar surface area (TPSA) is 57.5 Å². The van der Waals surface area contributed by atoms with Gasteiger partial charge in [0.2, 0.25) is 7.37 Å². The van der Waals surface area contributed by atoms with Gasteiger partial charge in [0.05, 0.1) is 6.61 Å². The van der Waals surface area contributed by atoms with E-state index < -0.39 is 7.37 Å². The third-order valence-electron chi connectivity index (χ3n) is 0.944. The molecule has 1 unspecified atom stereocenters. The van der Waals surface area contributed by atoms with E-state index in [0.717, 1.165) is 0 Å². The first-order valence-electron chi connectivity index (χ1n) is 2.54. The van der Waals surface area contributed by atoms with Gasteiger partial charge in [-0.2, -0.15) is 0 Å². The van der Waals surface area contributed by atoms with E-state index in [4.69, 9.17) is 10.00 Å². The van der Waals surface area contributed by atoms with Crippen LogP contribution in [0, 0.1) is 0 Å². The standard InChI is InChI=1S/C4H11O3P.Ti/c1-2-8(6,7)4-3-5;/h5H,2-4H2,1H3,(H,6,7);/q;+4. The predicted molar refractivity (Wildman–Crippen MR) is 32.3 cm³/mol. The van der Waals surface area contributed by atoms with Crippen molar-refractivity contribution in [2.45, 2.75) is 6.92 Å². The molecule has 50 valence electrons. The largest absolute Gasteiger partial charge is 4.00 e. The molecule has 0 aliphatic heterocycles. The molecule has 0 heterocycles. The summed E-state index contributed by atoms with van der Waals surface area (Å²) in [6.45, 7) is 1.44. The SMILES string of the molecule is CCP(=O)(O)CCO.[Ti+4]. The van der Waals surface area contributed by atoms with Crippen LogP contribution in [0.15, 0.2) is 0 Å². The minimum atomic E-state index is -2.92. The number of rotatable bonds is 3. The summed E-state index contributed by atoms with van der Waals surface area (Å²) in [5.74, 6) is 0. The molecule has 3 nitrogen and oxygen atoms in total. The van der Waals surface area contributed by atoms with E-state index in [9.17, 15) is 4.57 Å². The fraction of sp³-hybridized carbons (Fsp3) is 1.00. The monoisotopic (exact) mass is 186 g/mol. The van der Waals surface area contributed by atoms with Crippen molar-refractivity contribution in [2.24, 2.45) is 0 Å². The van der Waals surface area contributed by atoms with Gasteiger partial charge >= 0.3 is 21.7 Å². The Balaban J connectivity index is 0. The summed E-state index contributed by atoms with van der Waals surface area (Å²) in [6, 6.07) is 0. The first-order valence-corrected chi connectivity index (χ1v) is 4.57. The maximum Gasteiger partial charge on any atom is 4.00 e. The zero-order valence-corrected chi connectivity index (χ0v) is 7.83. The van der Waals surface area contributed by atoms with E-state index in [1.165, 1.54) is 0 Å². The van der Waals surface area contributed by atoms with Crippen molar-refractivity contribution < 1.29 is 36.3 Å². The molecule has 1 atom stereocenters. The van der Waals surface area contributed by atoms with Crippen molar-refractivity contribution in [3.63, 3.8) is 0 Å². The molecule has 9 heavy (non-hydrogen) atoms. The fourth-order valence-corrected chi connectivity index (χ4v) is 0.943. The van der Waals surface area contributed by atoms with Crippen molar-refractivity contribution in [3.05, 3.63) is 0 Å². The molecule has 0 aliphatic rings. The van der Waals surface area contributed by atoms with Crippen LogP contribution in [0.1, 0.15) is 6.92 Å². The number of aliphatic hydroxyl groups is 1. The van der Waals surface area contributed by atoms with E-state index in [1.54, 1.807) is 6.92 Å². The quantitative estimate of drug-likeness (QED) is 0.491. The summed E-state index contributed by atoms with van der Waals surface area (Å²) < 4.78 is 10.6. The van der Waals surface area contributed by atoms with Crippen LogP contribution >= 0.6 is 7.37 Å². The van der Waals surface area contributed by atoms with Gasteiger partial charge in [-0.15, -0.1) is 0 Å². The maximum absolute atomic E-state index is 10.6. The summed E-state index contributed by atoms with van der Waals surface area (Å²) in [6.07, 6.45) is 0.289. The Kier molecular flexibility index (Phi) is 7.85. The summed E-state index contributed by atoms with van der Waals surface area (Å²) in [4.78, 5) is 8.72. The van der Waals surface area contributed by atoms with Gasteiger partial charge in [0, 0.05) is 12.3 Å². The van der Waals surface area contributed by atoms with Crippen LogP contribution in [0.2, 0.25) is 0 Å². The zero-order valence-electron chi connectivity index (χ0n) is 5.37. The average Bonchev–Trinajstić information content (AvgIpc) is 1.67. The summed E-state index contributed by atoms with van der Waals surface area (Å²) >= 11 is 0. The van der Waals surface area contributed by atoms with Crippen molar-refractivity contribution in [2.75, 3.05) is 18.9 Å². The van der Waals surface area contributed by atoms with Crippen LogP contribution in [0.4, 0.5) is 0 Å². The van der Waals surface area contributed by atoms with Crippen LogP contribution in [0.25, 0.3) is 0 Å². The van der Waals surface area contributed by atoms with Crippen molar-refractivity contribution in [1.82, 2.24) is 0 Å². The smallest absolute Gasteiger partial charge is 0.396 e. The summed E-state index contributed by atoms with van der Waals surface area (Å²) in [5, 5.41) is 8.20. The molecule has 5 heteroatoms. The number of aliphatic hydroxyl groups excluding tert-OH is 1. The normalized spacial score (nSPS) is 15.9. The van der Waals surface area contributed by atoms with Crippen LogP contribution in [-0.2, 0) is 26.3 Å². The first kappa shape index (κ1) is 12.5. The van der Waals surface area contributed by atoms with Crippen LogP contribution in [-0.4, -0.2) is 28.9 Å². The number of hydrogen-bond acceptors (Lipinski definition) is 2. The van der Waals surface area contributed by atoms with Crippen molar-refractivity contribution in [3.8, 4) is 0 Å². The third kappa shape index (κ3) is 6.75. The minimum Gasteiger partial charge on any atom is -0.396 e. The Bertz CT molecular complexity index is 106. The molecule has 0 aromatic carbocycles. The van der Waals surface area contributed by atoms with E-state index in [0.29, 0.717) is 0 Å². The molecular weight excluding hydrogens is 175 g/mol. The minimum absolute atomic E-state index is 0. The molecular formula is C4H11O3PTi+4. The van der Waals surface area contributed by atoms with E-state index in [1.807, 2.05) is 0 Å². The van der Waals surface area contributed by atoms with Crippen LogP contribution in [0.5, 0.6) is 0 Å². The Labute approximate surface area is 69.8 Å². The molecule has 0 amide bonds. The molecule has 0 saturated carbocycles. The second-order valence-electron chi connectivity index (χ2n) is 1.61. The van der Waals surface area contributed by atoms with Gasteiger partial charge in [0.15, 0.2) is 0 Å². The second kappa shape index (κ2) is 5.63. The third-order valence-corrected chi connectivity index (χ3v) is 2.83. The zero-order chi connectivity index (χ0) is 6.62. The van der Waals surface area contributed by atoms with Crippen molar-refractivity contribution >= 4 is 7.37 Å². The van der Waals surface area contributed by atoms with Crippen LogP contribution < -0.4 is 0 Å². The van der Waals surface area contributed by atoms with Gasteiger partial charge in [-0.3, -0.25) is 4.57 Å². The fourth-order valence-electron chi connectivity index (χ4n) is 0.314. The Morgan fingerprint density at radius 3 is 2.11 bits per heavy atom. The van der Waals surface area contributed by atoms with E-state index >= 15 is 0 Å². The molecule has 0 fully saturated rings. The number of hydrogen-bond donors (Lipinski definition) is 2. The molecule has 0 bridgehead atoms. The van der Waals surface area contributed by atoms with E-state index in [2.05, 4.69) is 0 Å². The molecule has 0 aromatic heterocycles. The predicted octanol–water partition coefficient (Wildman–Crippen LogP) is 0.267. The van der Waals surface area contributed by atoms with Gasteiger partial charge in [0.25, 0.3) is 0 Å². The molecule has 0 aliphatic carbocycles. The van der Waals surface area contributed by atoms with Crippen LogP contribution in [0.3, 0.4) is 0 Å². The van der Waals surface area contributed by atoms with Crippen molar-refractivity contribution in [1.29, 1.82) is 0 Å². The second-order valence-corrected chi connectivity index (χ2v) is 4.38.